The number of hydrogen-bond donors (Lipinski definition) is 1. The number of hydrogen-bond acceptors (Lipinski definition) is 3. The van der Waals surface area contributed by atoms with Crippen molar-refractivity contribution in [2.45, 2.75) is 103 Å². The zero-order valence-corrected chi connectivity index (χ0v) is 23.7. The van der Waals surface area contributed by atoms with Gasteiger partial charge in [-0.1, -0.05) is 52.2 Å². The van der Waals surface area contributed by atoms with Crippen molar-refractivity contribution in [3.8, 4) is 22.4 Å². The smallest absolute Gasteiger partial charge is 0.239 e. The summed E-state index contributed by atoms with van der Waals surface area (Å²) in [5.74, 6) is 0.557. The summed E-state index contributed by atoms with van der Waals surface area (Å²) in [7, 11) is -3.82. The van der Waals surface area contributed by atoms with E-state index < -0.39 is 10.0 Å². The Kier molecular flexibility index (Phi) is 7.03. The summed E-state index contributed by atoms with van der Waals surface area (Å²) in [4.78, 5) is 0.223. The third kappa shape index (κ3) is 5.47. The standard InChI is InChI=1S/C29H42N4O2S/c1-20-27(36(30,34)35)16-26(32(20)18-21-11-9-8-10-12-21)22-13-14-24(25(15-22)28(2,3)4)23-17-31-33(19-23)29(5,6)7/h13-17,19,21H,8-12,18H2,1-7H3,(H2,30,34,35). The van der Waals surface area contributed by atoms with Crippen molar-refractivity contribution < 1.29 is 8.42 Å². The van der Waals surface area contributed by atoms with Gasteiger partial charge in [0.15, 0.2) is 0 Å². The Hall–Kier alpha value is -2.38. The molecule has 0 amide bonds. The molecule has 2 aromatic heterocycles. The van der Waals surface area contributed by atoms with Crippen LogP contribution in [0.15, 0.2) is 41.6 Å². The summed E-state index contributed by atoms with van der Waals surface area (Å²) in [5, 5.41) is 10.3. The predicted molar refractivity (Wildman–Crippen MR) is 147 cm³/mol. The molecule has 3 aromatic rings. The van der Waals surface area contributed by atoms with Crippen molar-refractivity contribution in [3.63, 3.8) is 0 Å². The van der Waals surface area contributed by atoms with Crippen LogP contribution in [0.2, 0.25) is 0 Å². The zero-order valence-electron chi connectivity index (χ0n) is 22.9. The molecule has 6 nitrogen and oxygen atoms in total. The minimum Gasteiger partial charge on any atom is -0.343 e. The van der Waals surface area contributed by atoms with Crippen LogP contribution in [0.3, 0.4) is 0 Å². The molecule has 1 aliphatic rings. The van der Waals surface area contributed by atoms with Gasteiger partial charge in [0, 0.05) is 29.7 Å². The molecule has 1 aromatic carbocycles. The van der Waals surface area contributed by atoms with Gasteiger partial charge in [0.2, 0.25) is 10.0 Å². The fourth-order valence-electron chi connectivity index (χ4n) is 5.42. The summed E-state index contributed by atoms with van der Waals surface area (Å²) < 4.78 is 29.1. The number of benzene rings is 1. The van der Waals surface area contributed by atoms with E-state index >= 15 is 0 Å². The van der Waals surface area contributed by atoms with E-state index in [9.17, 15) is 8.42 Å². The van der Waals surface area contributed by atoms with Crippen molar-refractivity contribution >= 4 is 10.0 Å². The van der Waals surface area contributed by atoms with Gasteiger partial charge >= 0.3 is 0 Å². The van der Waals surface area contributed by atoms with Crippen molar-refractivity contribution in [2.24, 2.45) is 11.1 Å². The Bertz CT molecular complexity index is 1340. The molecule has 0 aliphatic heterocycles. The van der Waals surface area contributed by atoms with Crippen molar-refractivity contribution in [1.82, 2.24) is 14.3 Å². The summed E-state index contributed by atoms with van der Waals surface area (Å²) in [5.41, 5.74) is 5.89. The molecule has 2 heterocycles. The first kappa shape index (κ1) is 26.7. The average molecular weight is 511 g/mol. The van der Waals surface area contributed by atoms with E-state index in [1.165, 1.54) is 37.7 Å². The van der Waals surface area contributed by atoms with E-state index in [4.69, 9.17) is 5.14 Å². The normalized spacial score (nSPS) is 16.0. The second kappa shape index (κ2) is 9.49. The fraction of sp³-hybridized carbons (Fsp3) is 0.552. The molecule has 36 heavy (non-hydrogen) atoms. The molecule has 1 aliphatic carbocycles. The lowest BCUT2D eigenvalue weighted by Crippen LogP contribution is -2.21. The van der Waals surface area contributed by atoms with Crippen LogP contribution in [0.4, 0.5) is 0 Å². The predicted octanol–water partition coefficient (Wildman–Crippen LogP) is 6.61. The van der Waals surface area contributed by atoms with Gasteiger partial charge in [-0.3, -0.25) is 4.68 Å². The number of aromatic nitrogens is 3. The summed E-state index contributed by atoms with van der Waals surface area (Å²) >= 11 is 0. The van der Waals surface area contributed by atoms with Crippen LogP contribution in [0.1, 0.15) is 84.9 Å². The molecule has 196 valence electrons. The minimum atomic E-state index is -3.82. The summed E-state index contributed by atoms with van der Waals surface area (Å²) in [6.07, 6.45) is 10.2. The van der Waals surface area contributed by atoms with Crippen molar-refractivity contribution in [2.75, 3.05) is 0 Å². The third-order valence-electron chi connectivity index (χ3n) is 7.50. The number of nitrogens with two attached hydrogens (primary N) is 1. The van der Waals surface area contributed by atoms with Gasteiger partial charge in [0.25, 0.3) is 0 Å². The zero-order chi connectivity index (χ0) is 26.5. The first-order valence-electron chi connectivity index (χ1n) is 13.1. The molecular weight excluding hydrogens is 468 g/mol. The molecule has 0 bridgehead atoms. The lowest BCUT2D eigenvalue weighted by Gasteiger charge is -2.26. The van der Waals surface area contributed by atoms with E-state index in [1.807, 2.05) is 17.8 Å². The monoisotopic (exact) mass is 510 g/mol. The molecule has 0 spiro atoms. The number of rotatable bonds is 5. The van der Waals surface area contributed by atoms with Gasteiger partial charge in [-0.15, -0.1) is 0 Å². The lowest BCUT2D eigenvalue weighted by atomic mass is 9.81. The SMILES string of the molecule is Cc1c(S(N)(=O)=O)cc(-c2ccc(-c3cnn(C(C)(C)C)c3)c(C(C)(C)C)c2)n1CC1CCCCC1. The highest BCUT2D eigenvalue weighted by Gasteiger charge is 2.26. The highest BCUT2D eigenvalue weighted by molar-refractivity contribution is 7.89. The van der Waals surface area contributed by atoms with Crippen molar-refractivity contribution in [1.29, 1.82) is 0 Å². The first-order chi connectivity index (χ1) is 16.7. The lowest BCUT2D eigenvalue weighted by molar-refractivity contribution is 0.318. The molecular formula is C29H42N4O2S. The van der Waals surface area contributed by atoms with E-state index in [0.717, 1.165) is 34.6 Å². The van der Waals surface area contributed by atoms with Crippen LogP contribution in [0, 0.1) is 12.8 Å². The number of nitrogens with zero attached hydrogens (tertiary/aromatic N) is 3. The largest absolute Gasteiger partial charge is 0.343 e. The molecule has 7 heteroatoms. The molecule has 0 saturated heterocycles. The number of sulfonamides is 1. The van der Waals surface area contributed by atoms with Gasteiger partial charge in [-0.25, -0.2) is 13.6 Å². The second-order valence-corrected chi connectivity index (χ2v) is 14.0. The van der Waals surface area contributed by atoms with Crippen LogP contribution in [0.5, 0.6) is 0 Å². The topological polar surface area (TPSA) is 82.9 Å². The second-order valence-electron chi connectivity index (χ2n) is 12.5. The third-order valence-corrected chi connectivity index (χ3v) is 8.52. The Labute approximate surface area is 217 Å². The molecule has 0 atom stereocenters. The molecule has 2 N–H and O–H groups in total. The van der Waals surface area contributed by atoms with E-state index in [1.54, 1.807) is 6.07 Å². The maximum Gasteiger partial charge on any atom is 0.239 e. The average Bonchev–Trinajstić information content (AvgIpc) is 3.39. The van der Waals surface area contributed by atoms with Gasteiger partial charge in [-0.05, 0) is 80.7 Å². The van der Waals surface area contributed by atoms with Crippen LogP contribution in [0.25, 0.3) is 22.4 Å². The van der Waals surface area contributed by atoms with Crippen molar-refractivity contribution in [3.05, 3.63) is 47.9 Å². The maximum absolute atomic E-state index is 12.4. The van der Waals surface area contributed by atoms with E-state index in [0.29, 0.717) is 5.92 Å². The van der Waals surface area contributed by atoms with E-state index in [-0.39, 0.29) is 15.8 Å². The van der Waals surface area contributed by atoms with Crippen LogP contribution in [-0.2, 0) is 27.5 Å². The fourth-order valence-corrected chi connectivity index (χ4v) is 6.21. The molecule has 1 saturated carbocycles. The van der Waals surface area contributed by atoms with Crippen LogP contribution < -0.4 is 5.14 Å². The quantitative estimate of drug-likeness (QED) is 0.419. The first-order valence-corrected chi connectivity index (χ1v) is 14.6. The molecule has 0 radical (unpaired) electrons. The van der Waals surface area contributed by atoms with Crippen LogP contribution >= 0.6 is 0 Å². The summed E-state index contributed by atoms with van der Waals surface area (Å²) in [6.45, 7) is 15.8. The number of primary sulfonamides is 1. The maximum atomic E-state index is 12.4. The van der Waals surface area contributed by atoms with Gasteiger partial charge in [-0.2, -0.15) is 5.10 Å². The highest BCUT2D eigenvalue weighted by atomic mass is 32.2. The van der Waals surface area contributed by atoms with Gasteiger partial charge in [0.1, 0.15) is 4.90 Å². The molecule has 1 fully saturated rings. The molecule has 0 unspecified atom stereocenters. The Balaban J connectivity index is 1.85. The minimum absolute atomic E-state index is 0.0956. The van der Waals surface area contributed by atoms with Gasteiger partial charge in [0.05, 0.1) is 11.7 Å². The van der Waals surface area contributed by atoms with E-state index in [2.05, 4.69) is 75.6 Å². The Morgan fingerprint density at radius 1 is 1.00 bits per heavy atom. The Morgan fingerprint density at radius 3 is 2.22 bits per heavy atom. The van der Waals surface area contributed by atoms with Gasteiger partial charge < -0.3 is 4.57 Å². The highest BCUT2D eigenvalue weighted by Crippen LogP contribution is 2.39. The Morgan fingerprint density at radius 2 is 1.67 bits per heavy atom. The summed E-state index contributed by atoms with van der Waals surface area (Å²) in [6, 6.07) is 8.26. The molecule has 4 rings (SSSR count). The van der Waals surface area contributed by atoms with Crippen LogP contribution in [-0.4, -0.2) is 22.8 Å².